The van der Waals surface area contributed by atoms with Gasteiger partial charge in [-0.1, -0.05) is 51.5 Å². The van der Waals surface area contributed by atoms with Gasteiger partial charge in [0.2, 0.25) is 6.71 Å². The van der Waals surface area contributed by atoms with E-state index in [2.05, 4.69) is 24.2 Å². The molecule has 0 saturated heterocycles. The maximum atomic E-state index is 11.0. The molecule has 0 aliphatic carbocycles. The van der Waals surface area contributed by atoms with Crippen LogP contribution in [0.2, 0.25) is 12.6 Å². The second-order valence-corrected chi connectivity index (χ2v) is 4.70. The van der Waals surface area contributed by atoms with E-state index in [1.165, 1.54) is 0 Å². The molecular weight excluding hydrogens is 235 g/mol. The van der Waals surface area contributed by atoms with Crippen LogP contribution >= 0.6 is 0 Å². The summed E-state index contributed by atoms with van der Waals surface area (Å²) in [4.78, 5) is 15.7. The molecule has 0 saturated carbocycles. The third kappa shape index (κ3) is 4.54. The van der Waals surface area contributed by atoms with Crippen molar-refractivity contribution in [2.75, 3.05) is 7.05 Å². The molecule has 0 heterocycles. The molecule has 4 heteroatoms. The summed E-state index contributed by atoms with van der Waals surface area (Å²) in [6, 6.07) is 7.45. The van der Waals surface area contributed by atoms with Crippen molar-refractivity contribution in [1.29, 1.82) is 0 Å². The van der Waals surface area contributed by atoms with Gasteiger partial charge in [-0.15, -0.1) is 0 Å². The molecule has 0 aromatic heterocycles. The Kier molecular flexibility index (Phi) is 6.94. The molecule has 3 nitrogen and oxygen atoms in total. The minimum atomic E-state index is 0.444. The van der Waals surface area contributed by atoms with Crippen molar-refractivity contribution in [2.45, 2.75) is 39.3 Å². The van der Waals surface area contributed by atoms with Crippen LogP contribution in [-0.4, -0.2) is 25.8 Å². The highest BCUT2D eigenvalue weighted by Gasteiger charge is 2.18. The maximum absolute atomic E-state index is 11.0. The quantitative estimate of drug-likeness (QED) is 0.351. The van der Waals surface area contributed by atoms with Crippen molar-refractivity contribution in [3.63, 3.8) is 0 Å². The number of nitrogens with zero attached hydrogens (tertiary/aromatic N) is 1. The van der Waals surface area contributed by atoms with Gasteiger partial charge in [0.25, 0.3) is 0 Å². The number of hydrogen-bond donors (Lipinski definition) is 1. The van der Waals surface area contributed by atoms with Gasteiger partial charge in [0.05, 0.1) is 11.4 Å². The summed E-state index contributed by atoms with van der Waals surface area (Å²) in [5.41, 5.74) is 2.37. The van der Waals surface area contributed by atoms with Gasteiger partial charge in [0.15, 0.2) is 6.29 Å². The van der Waals surface area contributed by atoms with Crippen LogP contribution in [0, 0.1) is 0 Å². The van der Waals surface area contributed by atoms with Gasteiger partial charge in [0.1, 0.15) is 0 Å². The van der Waals surface area contributed by atoms with E-state index >= 15 is 0 Å². The summed E-state index contributed by atoms with van der Waals surface area (Å²) in [5, 5.41) is 3.21. The number of para-hydroxylation sites is 1. The van der Waals surface area contributed by atoms with Gasteiger partial charge in [-0.3, -0.25) is 4.79 Å². The fourth-order valence-electron chi connectivity index (χ4n) is 2.28. The zero-order chi connectivity index (χ0) is 14.1. The number of rotatable bonds is 7. The monoisotopic (exact) mass is 258 g/mol. The average molecular weight is 258 g/mol. The molecule has 0 fully saturated rings. The van der Waals surface area contributed by atoms with Gasteiger partial charge >= 0.3 is 0 Å². The standard InChI is InChI=1S/C15H23BN2O/c1-4-10-16(11-5-2)15(17-3)18-14-9-7-6-8-13(14)12-19/h6-9,12H,4-5,10-11H2,1-3H3,(H,17,18). The van der Waals surface area contributed by atoms with Crippen LogP contribution in [0.1, 0.15) is 37.0 Å². The van der Waals surface area contributed by atoms with E-state index in [1.54, 1.807) is 6.07 Å². The van der Waals surface area contributed by atoms with Gasteiger partial charge in [-0.2, -0.15) is 0 Å². The highest BCUT2D eigenvalue weighted by Crippen LogP contribution is 2.18. The van der Waals surface area contributed by atoms with Crippen molar-refractivity contribution in [3.05, 3.63) is 29.8 Å². The summed E-state index contributed by atoms with van der Waals surface area (Å²) < 4.78 is 0. The Bertz CT molecular complexity index is 426. The molecule has 19 heavy (non-hydrogen) atoms. The molecule has 0 aliphatic rings. The maximum Gasteiger partial charge on any atom is 0.222 e. The van der Waals surface area contributed by atoms with Crippen LogP contribution in [0.5, 0.6) is 0 Å². The molecule has 102 valence electrons. The highest BCUT2D eigenvalue weighted by atomic mass is 16.1. The number of hydrogen-bond acceptors (Lipinski definition) is 2. The summed E-state index contributed by atoms with van der Waals surface area (Å²) in [6.45, 7) is 4.82. The number of carbonyl (C=O) groups is 1. The number of carbonyl (C=O) groups excluding carboxylic acids is 1. The molecule has 0 amide bonds. The Hall–Kier alpha value is -1.58. The second-order valence-electron chi connectivity index (χ2n) is 4.70. The van der Waals surface area contributed by atoms with Crippen molar-refractivity contribution in [1.82, 2.24) is 5.32 Å². The van der Waals surface area contributed by atoms with E-state index in [-0.39, 0.29) is 0 Å². The van der Waals surface area contributed by atoms with E-state index < -0.39 is 0 Å². The number of aldehydes is 1. The van der Waals surface area contributed by atoms with Crippen LogP contribution < -0.4 is 5.32 Å². The number of amidine groups is 1. The Balaban J connectivity index is 3.05. The van der Waals surface area contributed by atoms with Gasteiger partial charge in [0, 0.05) is 12.6 Å². The van der Waals surface area contributed by atoms with Crippen LogP contribution in [0.3, 0.4) is 0 Å². The normalized spacial score (nSPS) is 11.2. The first kappa shape index (κ1) is 15.5. The van der Waals surface area contributed by atoms with E-state index in [0.29, 0.717) is 12.3 Å². The summed E-state index contributed by atoms with van der Waals surface area (Å²) in [5.74, 6) is 0. The first-order valence-electron chi connectivity index (χ1n) is 7.07. The van der Waals surface area contributed by atoms with Gasteiger partial charge in [-0.05, 0) is 12.1 Å². The predicted molar refractivity (Wildman–Crippen MR) is 83.9 cm³/mol. The Labute approximate surface area is 116 Å². The van der Waals surface area contributed by atoms with E-state index in [9.17, 15) is 4.79 Å². The van der Waals surface area contributed by atoms with E-state index in [1.807, 2.05) is 25.2 Å². The topological polar surface area (TPSA) is 41.5 Å². The predicted octanol–water partition coefficient (Wildman–Crippen LogP) is 3.60. The highest BCUT2D eigenvalue weighted by molar-refractivity contribution is 6.90. The largest absolute Gasteiger partial charge is 0.385 e. The number of benzene rings is 1. The van der Waals surface area contributed by atoms with Gasteiger partial charge < -0.3 is 5.32 Å². The number of nitrogens with one attached hydrogen (secondary N) is 1. The first-order chi connectivity index (χ1) is 9.26. The lowest BCUT2D eigenvalue weighted by atomic mass is 9.43. The van der Waals surface area contributed by atoms with Crippen LogP contribution in [-0.2, 0) is 0 Å². The van der Waals surface area contributed by atoms with Crippen molar-refractivity contribution < 1.29 is 4.79 Å². The lowest BCUT2D eigenvalue weighted by Gasteiger charge is -2.15. The molecule has 1 N–H and O–H groups in total. The third-order valence-electron chi connectivity index (χ3n) is 3.22. The fourth-order valence-corrected chi connectivity index (χ4v) is 2.28. The molecule has 0 atom stereocenters. The first-order valence-corrected chi connectivity index (χ1v) is 7.07. The molecule has 0 bridgehead atoms. The Morgan fingerprint density at radius 1 is 1.26 bits per heavy atom. The Morgan fingerprint density at radius 3 is 2.42 bits per heavy atom. The minimum absolute atomic E-state index is 0.444. The average Bonchev–Trinajstić information content (AvgIpc) is 2.45. The SMILES string of the molecule is CCCB(CCC)/C(=N/c1ccccc1C=O)NC. The van der Waals surface area contributed by atoms with Crippen LogP contribution in [0.4, 0.5) is 5.69 Å². The van der Waals surface area contributed by atoms with Crippen molar-refractivity contribution >= 4 is 24.4 Å². The summed E-state index contributed by atoms with van der Waals surface area (Å²) >= 11 is 0. The molecule has 0 radical (unpaired) electrons. The van der Waals surface area contributed by atoms with Crippen LogP contribution in [0.25, 0.3) is 0 Å². The minimum Gasteiger partial charge on any atom is -0.385 e. The zero-order valence-corrected chi connectivity index (χ0v) is 12.1. The molecule has 1 aromatic rings. The Morgan fingerprint density at radius 2 is 1.89 bits per heavy atom. The lowest BCUT2D eigenvalue weighted by molar-refractivity contribution is 0.112. The van der Waals surface area contributed by atoms with Crippen molar-refractivity contribution in [3.8, 4) is 0 Å². The third-order valence-corrected chi connectivity index (χ3v) is 3.22. The van der Waals surface area contributed by atoms with E-state index in [0.717, 1.165) is 43.2 Å². The zero-order valence-electron chi connectivity index (χ0n) is 12.1. The molecule has 0 aliphatic heterocycles. The lowest BCUT2D eigenvalue weighted by Crippen LogP contribution is -2.35. The van der Waals surface area contributed by atoms with E-state index in [4.69, 9.17) is 0 Å². The molecule has 1 rings (SSSR count). The summed E-state index contributed by atoms with van der Waals surface area (Å²) in [7, 11) is 1.90. The second kappa shape index (κ2) is 8.51. The smallest absolute Gasteiger partial charge is 0.222 e. The number of aliphatic imine (C=N–C) groups is 1. The summed E-state index contributed by atoms with van der Waals surface area (Å²) in [6.07, 6.45) is 5.38. The van der Waals surface area contributed by atoms with Crippen molar-refractivity contribution in [2.24, 2.45) is 4.99 Å². The van der Waals surface area contributed by atoms with Crippen LogP contribution in [0.15, 0.2) is 29.3 Å². The molecular formula is C15H23BN2O. The molecule has 0 unspecified atom stereocenters. The fraction of sp³-hybridized carbons (Fsp3) is 0.467. The molecule has 1 aromatic carbocycles. The molecule has 0 spiro atoms. The van der Waals surface area contributed by atoms with Gasteiger partial charge in [-0.25, -0.2) is 4.99 Å².